The predicted molar refractivity (Wildman–Crippen MR) is 97.9 cm³/mol. The zero-order chi connectivity index (χ0) is 19.7. The van der Waals surface area contributed by atoms with E-state index in [0.29, 0.717) is 18.5 Å². The van der Waals surface area contributed by atoms with Crippen LogP contribution in [-0.4, -0.2) is 53.6 Å². The van der Waals surface area contributed by atoms with E-state index in [9.17, 15) is 14.4 Å². The van der Waals surface area contributed by atoms with Crippen molar-refractivity contribution in [2.45, 2.75) is 25.5 Å². The van der Waals surface area contributed by atoms with E-state index in [0.717, 1.165) is 11.3 Å². The van der Waals surface area contributed by atoms with Gasteiger partial charge >= 0.3 is 5.97 Å². The van der Waals surface area contributed by atoms with E-state index in [1.54, 1.807) is 15.9 Å². The molecule has 2 aromatic rings. The Bertz CT molecular complexity index is 921. The number of nitrogens with zero attached hydrogens (tertiary/aromatic N) is 2. The van der Waals surface area contributed by atoms with Crippen LogP contribution in [-0.2, 0) is 27.3 Å². The summed E-state index contributed by atoms with van der Waals surface area (Å²) in [5.74, 6) is -1.13. The summed E-state index contributed by atoms with van der Waals surface area (Å²) >= 11 is 0. The van der Waals surface area contributed by atoms with Gasteiger partial charge in [0.25, 0.3) is 5.91 Å². The Morgan fingerprint density at radius 1 is 1.21 bits per heavy atom. The van der Waals surface area contributed by atoms with E-state index in [1.807, 2.05) is 24.3 Å². The summed E-state index contributed by atoms with van der Waals surface area (Å²) < 4.78 is 10.9. The zero-order valence-corrected chi connectivity index (χ0v) is 15.2. The molecule has 1 fully saturated rings. The molecule has 0 bridgehead atoms. The van der Waals surface area contributed by atoms with Crippen LogP contribution >= 0.6 is 0 Å². The molecule has 3 heterocycles. The molecule has 0 saturated carbocycles. The third-order valence-electron chi connectivity index (χ3n) is 5.02. The van der Waals surface area contributed by atoms with E-state index in [-0.39, 0.29) is 43.7 Å². The van der Waals surface area contributed by atoms with Gasteiger partial charge in [0.15, 0.2) is 5.76 Å². The number of morpholine rings is 1. The normalized spacial score (nSPS) is 19.0. The second-order valence-corrected chi connectivity index (χ2v) is 6.90. The number of para-hydroxylation sites is 1. The maximum absolute atomic E-state index is 12.9. The molecule has 2 amide bonds. The van der Waals surface area contributed by atoms with Crippen molar-refractivity contribution >= 4 is 23.5 Å². The molecule has 1 N–H and O–H groups in total. The van der Waals surface area contributed by atoms with Crippen molar-refractivity contribution in [2.75, 3.05) is 24.6 Å². The summed E-state index contributed by atoms with van der Waals surface area (Å²) in [6.07, 6.45) is 1.08. The fraction of sp³-hybridized carbons (Fsp3) is 0.350. The fourth-order valence-electron chi connectivity index (χ4n) is 3.67. The molecule has 1 aromatic heterocycles. The van der Waals surface area contributed by atoms with E-state index in [1.165, 1.54) is 6.26 Å². The lowest BCUT2D eigenvalue weighted by molar-refractivity contribution is -0.141. The number of carbonyl (C=O) groups is 3. The van der Waals surface area contributed by atoms with Gasteiger partial charge in [0.1, 0.15) is 0 Å². The fourth-order valence-corrected chi connectivity index (χ4v) is 3.67. The lowest BCUT2D eigenvalue weighted by Crippen LogP contribution is -2.46. The van der Waals surface area contributed by atoms with Crippen molar-refractivity contribution in [3.05, 3.63) is 53.5 Å². The molecule has 1 unspecified atom stereocenters. The number of anilines is 1. The first-order chi connectivity index (χ1) is 13.5. The smallest absolute Gasteiger partial charge is 0.306 e. The molecular formula is C20H20N2O6. The monoisotopic (exact) mass is 384 g/mol. The third kappa shape index (κ3) is 3.50. The Morgan fingerprint density at radius 2 is 2.04 bits per heavy atom. The molecule has 2 aliphatic heterocycles. The van der Waals surface area contributed by atoms with Crippen LogP contribution in [0.2, 0.25) is 0 Å². The summed E-state index contributed by atoms with van der Waals surface area (Å²) in [6, 6.07) is 9.28. The van der Waals surface area contributed by atoms with Gasteiger partial charge in [0.2, 0.25) is 5.91 Å². The van der Waals surface area contributed by atoms with Crippen LogP contribution in [0.4, 0.5) is 5.69 Å². The maximum Gasteiger partial charge on any atom is 0.306 e. The van der Waals surface area contributed by atoms with Crippen LogP contribution in [0.1, 0.15) is 28.1 Å². The Hall–Kier alpha value is -3.13. The number of ether oxygens (including phenoxy) is 1. The molecule has 2 aliphatic rings. The second-order valence-electron chi connectivity index (χ2n) is 6.90. The van der Waals surface area contributed by atoms with Crippen LogP contribution in [0.15, 0.2) is 41.0 Å². The quantitative estimate of drug-likeness (QED) is 0.842. The molecular weight excluding hydrogens is 364 g/mol. The minimum absolute atomic E-state index is 0.0197. The minimum atomic E-state index is -0.968. The van der Waals surface area contributed by atoms with Gasteiger partial charge in [0, 0.05) is 24.3 Å². The molecule has 1 aromatic carbocycles. The van der Waals surface area contributed by atoms with Crippen molar-refractivity contribution in [3.63, 3.8) is 0 Å². The van der Waals surface area contributed by atoms with Gasteiger partial charge in [-0.15, -0.1) is 0 Å². The summed E-state index contributed by atoms with van der Waals surface area (Å²) in [5, 5.41) is 8.94. The zero-order valence-electron chi connectivity index (χ0n) is 15.2. The second kappa shape index (κ2) is 7.47. The van der Waals surface area contributed by atoms with E-state index >= 15 is 0 Å². The number of amides is 2. The number of carboxylic acid groups (broad SMARTS) is 1. The van der Waals surface area contributed by atoms with E-state index in [4.69, 9.17) is 14.3 Å². The Kier molecular flexibility index (Phi) is 4.87. The molecule has 146 valence electrons. The number of carbonyl (C=O) groups excluding carboxylic acids is 2. The van der Waals surface area contributed by atoms with Gasteiger partial charge in [0.05, 0.1) is 38.4 Å². The molecule has 28 heavy (non-hydrogen) atoms. The number of aliphatic carboxylic acids is 1. The van der Waals surface area contributed by atoms with Gasteiger partial charge in [-0.3, -0.25) is 14.4 Å². The molecule has 8 heteroatoms. The van der Waals surface area contributed by atoms with Crippen LogP contribution in [0.25, 0.3) is 0 Å². The molecule has 1 saturated heterocycles. The third-order valence-corrected chi connectivity index (χ3v) is 5.02. The summed E-state index contributed by atoms with van der Waals surface area (Å²) in [7, 11) is 0. The van der Waals surface area contributed by atoms with Crippen LogP contribution in [0.5, 0.6) is 0 Å². The number of hydrogen-bond acceptors (Lipinski definition) is 5. The number of benzene rings is 1. The number of rotatable bonds is 5. The predicted octanol–water partition coefficient (Wildman–Crippen LogP) is 1.68. The highest BCUT2D eigenvalue weighted by Gasteiger charge is 2.32. The first-order valence-corrected chi connectivity index (χ1v) is 9.10. The Labute approximate surface area is 161 Å². The first-order valence-electron chi connectivity index (χ1n) is 9.10. The summed E-state index contributed by atoms with van der Waals surface area (Å²) in [6.45, 7) is 1.07. The minimum Gasteiger partial charge on any atom is -0.481 e. The van der Waals surface area contributed by atoms with Gasteiger partial charge < -0.3 is 24.1 Å². The Morgan fingerprint density at radius 3 is 2.86 bits per heavy atom. The average Bonchev–Trinajstić information content (AvgIpc) is 3.26. The van der Waals surface area contributed by atoms with Crippen LogP contribution < -0.4 is 4.90 Å². The van der Waals surface area contributed by atoms with Crippen LogP contribution in [0.3, 0.4) is 0 Å². The largest absolute Gasteiger partial charge is 0.481 e. The molecule has 0 aliphatic carbocycles. The van der Waals surface area contributed by atoms with Crippen LogP contribution in [0, 0.1) is 0 Å². The number of carboxylic acids is 1. The molecule has 0 spiro atoms. The van der Waals surface area contributed by atoms with Gasteiger partial charge in [-0.05, 0) is 17.7 Å². The summed E-state index contributed by atoms with van der Waals surface area (Å²) in [5.41, 5.74) is 2.44. The van der Waals surface area contributed by atoms with Crippen molar-refractivity contribution in [3.8, 4) is 0 Å². The standard InChI is InChI=1S/C20H20N2O6/c23-17-9-13-3-1-2-4-16(13)22(17)11-14-5-7-28-19(14)20(26)21-6-8-27-15(12-21)10-18(24)25/h1-5,7,15H,6,8-12H2,(H,24,25). The highest BCUT2D eigenvalue weighted by Crippen LogP contribution is 2.31. The number of furan rings is 1. The van der Waals surface area contributed by atoms with Gasteiger partial charge in [-0.2, -0.15) is 0 Å². The van der Waals surface area contributed by atoms with Crippen molar-refractivity contribution < 1.29 is 28.6 Å². The molecule has 8 nitrogen and oxygen atoms in total. The molecule has 1 atom stereocenters. The lowest BCUT2D eigenvalue weighted by Gasteiger charge is -2.32. The average molecular weight is 384 g/mol. The Balaban J connectivity index is 1.51. The first kappa shape index (κ1) is 18.2. The van der Waals surface area contributed by atoms with Gasteiger partial charge in [-0.25, -0.2) is 0 Å². The van der Waals surface area contributed by atoms with Crippen molar-refractivity contribution in [1.29, 1.82) is 0 Å². The van der Waals surface area contributed by atoms with Gasteiger partial charge in [-0.1, -0.05) is 18.2 Å². The molecule has 0 radical (unpaired) electrons. The summed E-state index contributed by atoms with van der Waals surface area (Å²) in [4.78, 5) is 39.5. The maximum atomic E-state index is 12.9. The van der Waals surface area contributed by atoms with E-state index in [2.05, 4.69) is 0 Å². The lowest BCUT2D eigenvalue weighted by atomic mass is 10.1. The number of hydrogen-bond donors (Lipinski definition) is 1. The molecule has 4 rings (SSSR count). The highest BCUT2D eigenvalue weighted by molar-refractivity contribution is 6.01. The van der Waals surface area contributed by atoms with Crippen molar-refractivity contribution in [2.24, 2.45) is 0 Å². The topological polar surface area (TPSA) is 100 Å². The number of fused-ring (bicyclic) bond motifs is 1. The van der Waals surface area contributed by atoms with E-state index < -0.39 is 12.1 Å². The van der Waals surface area contributed by atoms with Crippen molar-refractivity contribution in [1.82, 2.24) is 4.90 Å². The highest BCUT2D eigenvalue weighted by atomic mass is 16.5. The SMILES string of the molecule is O=C(O)CC1CN(C(=O)c2occc2CN2C(=O)Cc3ccccc32)CCO1.